The zero-order valence-electron chi connectivity index (χ0n) is 12.6. The topological polar surface area (TPSA) is 81.9 Å². The van der Waals surface area contributed by atoms with Gasteiger partial charge in [0.05, 0.1) is 11.6 Å². The third kappa shape index (κ3) is 4.61. The highest BCUT2D eigenvalue weighted by atomic mass is 79.9. The molecule has 0 aliphatic heterocycles. The molecule has 0 fully saturated rings. The van der Waals surface area contributed by atoms with Gasteiger partial charge in [-0.05, 0) is 51.0 Å². The van der Waals surface area contributed by atoms with E-state index in [2.05, 4.69) is 52.7 Å². The lowest BCUT2D eigenvalue weighted by atomic mass is 10.2. The van der Waals surface area contributed by atoms with Crippen LogP contribution in [-0.2, 0) is 11.3 Å². The molecule has 0 saturated carbocycles. The Labute approximate surface area is 150 Å². The van der Waals surface area contributed by atoms with Crippen molar-refractivity contribution in [2.24, 2.45) is 0 Å². The minimum Gasteiger partial charge on any atom is -0.495 e. The average Bonchev–Trinajstić information content (AvgIpc) is 2.92. The molecule has 122 valence electrons. The first kappa shape index (κ1) is 17.6. The molecule has 0 aliphatic rings. The number of benzene rings is 1. The summed E-state index contributed by atoms with van der Waals surface area (Å²) in [5.41, 5.74) is 0.761. The number of nitrogens with zero attached hydrogens (tertiary/aromatic N) is 4. The molecule has 1 aromatic carbocycles. The number of halogens is 2. The third-order valence-corrected chi connectivity index (χ3v) is 3.90. The molecule has 1 heterocycles. The number of carbonyl (C=O) groups excluding carboxylic acids is 1. The molecule has 0 atom stereocenters. The summed E-state index contributed by atoms with van der Waals surface area (Å²) in [6, 6.07) is 3.73. The van der Waals surface area contributed by atoms with Crippen molar-refractivity contribution in [3.05, 3.63) is 32.7 Å². The van der Waals surface area contributed by atoms with Crippen LogP contribution < -0.4 is 10.1 Å². The van der Waals surface area contributed by atoms with Crippen molar-refractivity contribution in [1.82, 2.24) is 20.2 Å². The van der Waals surface area contributed by atoms with E-state index in [0.717, 1.165) is 20.9 Å². The zero-order chi connectivity index (χ0) is 16.8. The molecule has 1 N–H and O–H groups in total. The Bertz CT molecular complexity index is 730. The monoisotopic (exact) mass is 443 g/mol. The summed E-state index contributed by atoms with van der Waals surface area (Å²) < 4.78 is 8.54. The smallest absolute Gasteiger partial charge is 0.250 e. The van der Waals surface area contributed by atoms with Crippen molar-refractivity contribution in [3.8, 4) is 5.75 Å². The minimum absolute atomic E-state index is 0.323. The van der Waals surface area contributed by atoms with Crippen LogP contribution in [0.2, 0.25) is 0 Å². The maximum absolute atomic E-state index is 12.0. The minimum atomic E-state index is -0.324. The van der Waals surface area contributed by atoms with Crippen molar-refractivity contribution in [2.45, 2.75) is 19.9 Å². The number of aromatic nitrogens is 4. The van der Waals surface area contributed by atoms with Gasteiger partial charge in [-0.2, -0.15) is 0 Å². The van der Waals surface area contributed by atoms with Crippen molar-refractivity contribution in [3.63, 3.8) is 0 Å². The van der Waals surface area contributed by atoms with Crippen molar-refractivity contribution in [1.29, 1.82) is 0 Å². The van der Waals surface area contributed by atoms with E-state index >= 15 is 0 Å². The molecule has 2 aromatic rings. The Morgan fingerprint density at radius 3 is 2.91 bits per heavy atom. The number of carbonyl (C=O) groups is 1. The number of aryl methyl sites for hydroxylation is 1. The molecular formula is C14H15Br2N5O2. The van der Waals surface area contributed by atoms with Crippen LogP contribution in [0.3, 0.4) is 0 Å². The van der Waals surface area contributed by atoms with Gasteiger partial charge in [-0.3, -0.25) is 10.1 Å². The van der Waals surface area contributed by atoms with E-state index < -0.39 is 0 Å². The third-order valence-electron chi connectivity index (χ3n) is 2.86. The van der Waals surface area contributed by atoms with Crippen LogP contribution >= 0.6 is 31.9 Å². The number of methoxy groups -OCH3 is 1. The zero-order valence-corrected chi connectivity index (χ0v) is 15.8. The van der Waals surface area contributed by atoms with E-state index in [1.165, 1.54) is 6.08 Å². The quantitative estimate of drug-likeness (QED) is 0.691. The molecule has 7 nitrogen and oxygen atoms in total. The largest absolute Gasteiger partial charge is 0.495 e. The van der Waals surface area contributed by atoms with E-state index in [1.807, 2.05) is 19.1 Å². The lowest BCUT2D eigenvalue weighted by Gasteiger charge is -2.08. The number of nitrogens with one attached hydrogen (secondary N) is 1. The van der Waals surface area contributed by atoms with Gasteiger partial charge < -0.3 is 4.74 Å². The number of tetrazole rings is 1. The van der Waals surface area contributed by atoms with Gasteiger partial charge in [0.25, 0.3) is 5.91 Å². The van der Waals surface area contributed by atoms with Crippen molar-refractivity contribution < 1.29 is 9.53 Å². The Morgan fingerprint density at radius 1 is 1.43 bits per heavy atom. The van der Waals surface area contributed by atoms with Crippen molar-refractivity contribution in [2.75, 3.05) is 12.4 Å². The Morgan fingerprint density at radius 2 is 2.22 bits per heavy atom. The molecule has 0 aliphatic carbocycles. The van der Waals surface area contributed by atoms with Gasteiger partial charge in [0.2, 0.25) is 5.95 Å². The fourth-order valence-corrected chi connectivity index (χ4v) is 3.31. The van der Waals surface area contributed by atoms with Gasteiger partial charge in [-0.25, -0.2) is 4.68 Å². The van der Waals surface area contributed by atoms with Crippen LogP contribution in [0, 0.1) is 0 Å². The normalized spacial score (nSPS) is 11.0. The summed E-state index contributed by atoms with van der Waals surface area (Å²) >= 11 is 6.83. The lowest BCUT2D eigenvalue weighted by molar-refractivity contribution is -0.111. The first-order valence-electron chi connectivity index (χ1n) is 6.83. The molecule has 1 aromatic heterocycles. The first-order valence-corrected chi connectivity index (χ1v) is 8.42. The summed E-state index contributed by atoms with van der Waals surface area (Å²) in [5.74, 6) is 0.646. The molecule has 0 bridgehead atoms. The summed E-state index contributed by atoms with van der Waals surface area (Å²) in [4.78, 5) is 12.0. The van der Waals surface area contributed by atoms with Crippen LogP contribution in [0.25, 0.3) is 6.08 Å². The molecule has 2 rings (SSSR count). The molecular weight excluding hydrogens is 430 g/mol. The van der Waals surface area contributed by atoms with Crippen LogP contribution in [0.1, 0.15) is 18.9 Å². The number of hydrogen-bond donors (Lipinski definition) is 1. The lowest BCUT2D eigenvalue weighted by Crippen LogP contribution is -2.14. The average molecular weight is 445 g/mol. The second kappa shape index (κ2) is 8.21. The van der Waals surface area contributed by atoms with Gasteiger partial charge in [-0.15, -0.1) is 0 Å². The molecule has 0 saturated heterocycles. The first-order chi connectivity index (χ1) is 11.0. The maximum Gasteiger partial charge on any atom is 0.250 e. The van der Waals surface area contributed by atoms with Gasteiger partial charge in [0.1, 0.15) is 5.75 Å². The fraction of sp³-hybridized carbons (Fsp3) is 0.286. The molecule has 0 unspecified atom stereocenters. The number of ether oxygens (including phenoxy) is 1. The highest BCUT2D eigenvalue weighted by molar-refractivity contribution is 9.11. The van der Waals surface area contributed by atoms with Crippen molar-refractivity contribution >= 4 is 49.8 Å². The molecule has 23 heavy (non-hydrogen) atoms. The maximum atomic E-state index is 12.0. The standard InChI is InChI=1S/C14H15Br2N5O2/c1-3-6-21-14(18-19-20-21)17-12(22)5-4-9-7-10(15)8-11(16)13(9)23-2/h4-5,7-8H,3,6H2,1-2H3,(H,17,18,20,22). The summed E-state index contributed by atoms with van der Waals surface area (Å²) in [6.07, 6.45) is 3.94. The number of hydrogen-bond acceptors (Lipinski definition) is 5. The van der Waals surface area contributed by atoms with E-state index in [0.29, 0.717) is 18.2 Å². The number of rotatable bonds is 6. The Kier molecular flexibility index (Phi) is 6.28. The summed E-state index contributed by atoms with van der Waals surface area (Å²) in [7, 11) is 1.57. The van der Waals surface area contributed by atoms with Gasteiger partial charge in [0.15, 0.2) is 0 Å². The van der Waals surface area contributed by atoms with E-state index in [4.69, 9.17) is 4.74 Å². The molecule has 0 radical (unpaired) electrons. The fourth-order valence-electron chi connectivity index (χ4n) is 1.89. The molecule has 0 spiro atoms. The van der Waals surface area contributed by atoms with Crippen LogP contribution in [0.5, 0.6) is 5.75 Å². The van der Waals surface area contributed by atoms with Gasteiger partial charge in [0, 0.05) is 22.7 Å². The molecule has 1 amide bonds. The summed E-state index contributed by atoms with van der Waals surface area (Å²) in [6.45, 7) is 2.64. The highest BCUT2D eigenvalue weighted by Crippen LogP contribution is 2.33. The second-order valence-electron chi connectivity index (χ2n) is 4.56. The predicted octanol–water partition coefficient (Wildman–Crippen LogP) is 3.27. The van der Waals surface area contributed by atoms with Crippen LogP contribution in [0.4, 0.5) is 5.95 Å². The number of amides is 1. The van der Waals surface area contributed by atoms with Gasteiger partial charge >= 0.3 is 0 Å². The van der Waals surface area contributed by atoms with E-state index in [1.54, 1.807) is 17.9 Å². The SMILES string of the molecule is CCCn1nnnc1NC(=O)C=Cc1cc(Br)cc(Br)c1OC. The Hall–Kier alpha value is -1.74. The van der Waals surface area contributed by atoms with Gasteiger partial charge in [-0.1, -0.05) is 28.0 Å². The number of anilines is 1. The predicted molar refractivity (Wildman–Crippen MR) is 94.2 cm³/mol. The second-order valence-corrected chi connectivity index (χ2v) is 6.33. The highest BCUT2D eigenvalue weighted by Gasteiger charge is 2.09. The summed E-state index contributed by atoms with van der Waals surface area (Å²) in [5, 5.41) is 13.8. The van der Waals surface area contributed by atoms with Crippen LogP contribution in [-0.4, -0.2) is 33.2 Å². The van der Waals surface area contributed by atoms with Crippen LogP contribution in [0.15, 0.2) is 27.2 Å². The Balaban J connectivity index is 2.14. The van der Waals surface area contributed by atoms with E-state index in [9.17, 15) is 4.79 Å². The molecule has 9 heteroatoms. The van der Waals surface area contributed by atoms with E-state index in [-0.39, 0.29) is 5.91 Å².